The molecule has 3 aliphatic rings. The number of likely N-dealkylation sites (N-methyl/N-ethyl adjacent to an activating group) is 3. The van der Waals surface area contributed by atoms with Crippen LogP contribution in [-0.4, -0.2) is 103 Å². The molecule has 9 aromatic carbocycles. The molecule has 0 saturated heterocycles. The summed E-state index contributed by atoms with van der Waals surface area (Å²) in [4.78, 5) is 105. The van der Waals surface area contributed by atoms with Crippen LogP contribution in [0.2, 0.25) is 35.2 Å². The fraction of sp³-hybridized carbons (Fsp3) is 0.182. The Balaban J connectivity index is 0.000000137. The van der Waals surface area contributed by atoms with Crippen LogP contribution in [0.5, 0.6) is 0 Å². The van der Waals surface area contributed by atoms with E-state index in [0.717, 1.165) is 83.2 Å². The number of H-pyrrole nitrogens is 3. The van der Waals surface area contributed by atoms with Crippen molar-refractivity contribution >= 4 is 166 Å². The molecule has 25 heteroatoms. The fourth-order valence-corrected chi connectivity index (χ4v) is 14.6. The van der Waals surface area contributed by atoms with Crippen LogP contribution in [0, 0.1) is 13.8 Å². The Morgan fingerprint density at radius 1 is 0.373 bits per heavy atom. The van der Waals surface area contributed by atoms with E-state index in [1.165, 1.54) is 4.57 Å². The second-order valence-electron chi connectivity index (χ2n) is 25.3. The van der Waals surface area contributed by atoms with Gasteiger partial charge in [-0.25, -0.2) is 14.4 Å². The number of carbonyl (C=O) groups is 3. The SMILES string of the molecule is CN1C(=O)C(Cc2c(Cl)cccc2Cl)N=C(c2ccc3[nH]c(=O)n(C)c3c2)c2cc(Cl)ccc21.Cc1ccc(CC2N=C(c3ccc4[nH]c(=O)n(C)c4c3)c3cc(Cl)ccc3N(C)C2=O)c(Cl)c1.Cc1cccc(CC2N=C(c3ccc4[nH]c(=O)n(C)c4c3)c3cc(Cl)ccc3N(C)C2=O)c1Cl. The van der Waals surface area contributed by atoms with Crippen LogP contribution >= 0.6 is 81.2 Å². The van der Waals surface area contributed by atoms with Crippen LogP contribution in [0.25, 0.3) is 33.1 Å². The van der Waals surface area contributed by atoms with Crippen LogP contribution in [0.3, 0.4) is 0 Å². The van der Waals surface area contributed by atoms with Gasteiger partial charge in [0.1, 0.15) is 18.1 Å². The molecule has 6 heterocycles. The topological polar surface area (TPSA) is 211 Å². The first kappa shape index (κ1) is 70.7. The van der Waals surface area contributed by atoms with Gasteiger partial charge < -0.3 is 29.7 Å². The third-order valence-electron chi connectivity index (χ3n) is 18.7. The Kier molecular flexibility index (Phi) is 19.8. The van der Waals surface area contributed by atoms with Gasteiger partial charge in [0.25, 0.3) is 17.7 Å². The van der Waals surface area contributed by atoms with E-state index in [-0.39, 0.29) is 41.2 Å². The second kappa shape index (κ2) is 28.6. The van der Waals surface area contributed by atoms with Crippen LogP contribution in [-0.2, 0) is 54.8 Å². The lowest BCUT2D eigenvalue weighted by atomic mass is 9.99. The number of amides is 3. The van der Waals surface area contributed by atoms with E-state index in [9.17, 15) is 28.8 Å². The van der Waals surface area contributed by atoms with Crippen molar-refractivity contribution in [3.63, 3.8) is 0 Å². The fourth-order valence-electron chi connectivity index (χ4n) is 13.1. The average Bonchev–Trinajstić information content (AvgIpc) is 1.60. The van der Waals surface area contributed by atoms with Crippen molar-refractivity contribution in [3.8, 4) is 0 Å². The van der Waals surface area contributed by atoms with E-state index in [1.807, 2.05) is 129 Å². The number of carbonyl (C=O) groups excluding carboxylic acids is 3. The van der Waals surface area contributed by atoms with Gasteiger partial charge >= 0.3 is 17.1 Å². The Hall–Kier alpha value is -9.76. The maximum Gasteiger partial charge on any atom is 0.326 e. The monoisotopic (exact) mass is 1500 g/mol. The Morgan fingerprint density at radius 2 is 0.735 bits per heavy atom. The molecule has 3 amide bonds. The number of imidazole rings is 3. The highest BCUT2D eigenvalue weighted by Crippen LogP contribution is 2.38. The van der Waals surface area contributed by atoms with E-state index in [0.29, 0.717) is 93.3 Å². The van der Waals surface area contributed by atoms with Crippen LogP contribution < -0.4 is 31.8 Å². The maximum atomic E-state index is 13.5. The zero-order valence-corrected chi connectivity index (χ0v) is 61.4. The number of benzodiazepines with no additional fused rings is 3. The van der Waals surface area contributed by atoms with E-state index < -0.39 is 18.1 Å². The molecule has 0 radical (unpaired) electrons. The molecule has 0 spiro atoms. The minimum atomic E-state index is -0.769. The van der Waals surface area contributed by atoms with Gasteiger partial charge in [0.05, 0.1) is 67.3 Å². The number of aromatic nitrogens is 6. The average molecular weight is 1500 g/mol. The zero-order chi connectivity index (χ0) is 72.4. The van der Waals surface area contributed by atoms with Gasteiger partial charge in [0.15, 0.2) is 0 Å². The second-order valence-corrected chi connectivity index (χ2v) is 28.2. The van der Waals surface area contributed by atoms with E-state index in [4.69, 9.17) is 96.2 Å². The number of nitrogens with one attached hydrogen (secondary N) is 3. The molecule has 3 N–H and O–H groups in total. The minimum Gasteiger partial charge on any atom is -0.313 e. The summed E-state index contributed by atoms with van der Waals surface area (Å²) in [5, 5.41) is 3.82. The number of aryl methyl sites for hydroxylation is 5. The van der Waals surface area contributed by atoms with Crippen molar-refractivity contribution in [1.82, 2.24) is 28.7 Å². The first-order chi connectivity index (χ1) is 48.7. The van der Waals surface area contributed by atoms with E-state index in [2.05, 4.69) is 15.0 Å². The summed E-state index contributed by atoms with van der Waals surface area (Å²) in [5.74, 6) is -0.457. The minimum absolute atomic E-state index is 0.133. The van der Waals surface area contributed by atoms with E-state index >= 15 is 0 Å². The number of hydrogen-bond acceptors (Lipinski definition) is 9. The van der Waals surface area contributed by atoms with Gasteiger partial charge in [-0.1, -0.05) is 136 Å². The number of aliphatic imine (C=N–C) groups is 3. The lowest BCUT2D eigenvalue weighted by Crippen LogP contribution is -2.36. The van der Waals surface area contributed by atoms with Crippen molar-refractivity contribution < 1.29 is 14.4 Å². The molecule has 12 aromatic rings. The van der Waals surface area contributed by atoms with Gasteiger partial charge in [-0.3, -0.25) is 43.1 Å². The van der Waals surface area contributed by atoms with Gasteiger partial charge in [0, 0.05) is 130 Å². The van der Waals surface area contributed by atoms with Gasteiger partial charge in [-0.05, 0) is 151 Å². The predicted molar refractivity (Wildman–Crippen MR) is 413 cm³/mol. The summed E-state index contributed by atoms with van der Waals surface area (Å²) in [6.45, 7) is 3.91. The lowest BCUT2D eigenvalue weighted by Gasteiger charge is -2.21. The molecular weight excluding hydrogens is 1440 g/mol. The summed E-state index contributed by atoms with van der Waals surface area (Å²) >= 11 is 45.0. The summed E-state index contributed by atoms with van der Waals surface area (Å²) in [6.07, 6.45) is 0.954. The molecule has 18 nitrogen and oxygen atoms in total. The molecular formula is C77H63Cl7N12O6. The summed E-state index contributed by atoms with van der Waals surface area (Å²) < 4.78 is 4.64. The Bertz CT molecular complexity index is 5740. The van der Waals surface area contributed by atoms with Crippen molar-refractivity contribution in [1.29, 1.82) is 0 Å². The molecule has 3 atom stereocenters. The summed E-state index contributed by atoms with van der Waals surface area (Å²) in [5.41, 5.74) is 16.7. The quantitative estimate of drug-likeness (QED) is 0.128. The standard InChI is InChI=1S/2C26H22Cl2N4O2.C25H19Cl3N4O2/c1-14-4-5-15(19(28)10-14)11-21-25(33)31(2)22-9-7-17(27)13-18(22)24(29-21)16-6-8-20-23(12-16)32(3)26(34)30-20;1-14-5-4-6-15(23(14)28)11-20-25(33)31(2)21-10-8-17(27)13-18(21)24(29-20)16-7-9-19-22(12-16)32(3)26(34)30-19;1-31-21-9-7-14(26)11-16(21)23(13-6-8-19-22(10-13)32(2)25(34)30-19)29-20(24(31)33)12-15-17(27)4-3-5-18(15)28/h4-10,12-13,21H,11H2,1-3H3,(H,30,34);4-10,12-13,20H,11H2,1-3H3,(H,30,34);3-11,20H,12H2,1-2H3,(H,30,34). The smallest absolute Gasteiger partial charge is 0.313 e. The number of nitrogens with zero attached hydrogens (tertiary/aromatic N) is 9. The van der Waals surface area contributed by atoms with Gasteiger partial charge in [0.2, 0.25) is 0 Å². The van der Waals surface area contributed by atoms with Crippen molar-refractivity contribution in [2.75, 3.05) is 35.8 Å². The molecule has 0 bridgehead atoms. The van der Waals surface area contributed by atoms with Crippen molar-refractivity contribution in [3.05, 3.63) is 292 Å². The van der Waals surface area contributed by atoms with Crippen LogP contribution in [0.4, 0.5) is 17.1 Å². The Morgan fingerprint density at radius 3 is 1.12 bits per heavy atom. The zero-order valence-electron chi connectivity index (χ0n) is 56.1. The Labute approximate surface area is 619 Å². The molecule has 3 aromatic heterocycles. The first-order valence-electron chi connectivity index (χ1n) is 32.2. The van der Waals surface area contributed by atoms with Crippen molar-refractivity contribution in [2.24, 2.45) is 36.1 Å². The summed E-state index contributed by atoms with van der Waals surface area (Å²) in [7, 11) is 10.3. The van der Waals surface area contributed by atoms with Gasteiger partial charge in [-0.2, -0.15) is 0 Å². The van der Waals surface area contributed by atoms with Crippen LogP contribution in [0.1, 0.15) is 61.2 Å². The number of halogens is 7. The molecule has 3 unspecified atom stereocenters. The molecule has 0 fully saturated rings. The molecule has 516 valence electrons. The summed E-state index contributed by atoms with van der Waals surface area (Å²) in [6, 6.07) is 47.8. The third kappa shape index (κ3) is 13.7. The third-order valence-corrected chi connectivity index (χ3v) is 21.0. The van der Waals surface area contributed by atoms with E-state index in [1.54, 1.807) is 115 Å². The molecule has 0 saturated carbocycles. The number of fused-ring (bicyclic) bond motifs is 6. The van der Waals surface area contributed by atoms with Crippen LogP contribution in [0.15, 0.2) is 193 Å². The molecule has 15 rings (SSSR count). The normalized spacial score (nSPS) is 15.9. The number of anilines is 3. The highest BCUT2D eigenvalue weighted by molar-refractivity contribution is 6.37. The number of rotatable bonds is 9. The number of aromatic amines is 3. The van der Waals surface area contributed by atoms with Crippen molar-refractivity contribution in [2.45, 2.75) is 51.2 Å². The maximum absolute atomic E-state index is 13.5. The predicted octanol–water partition coefficient (Wildman–Crippen LogP) is 15.1. The number of hydrogen-bond donors (Lipinski definition) is 3. The van der Waals surface area contributed by atoms with Gasteiger partial charge in [-0.15, -0.1) is 0 Å². The lowest BCUT2D eigenvalue weighted by molar-refractivity contribution is -0.120. The first-order valence-corrected chi connectivity index (χ1v) is 34.8. The molecule has 102 heavy (non-hydrogen) atoms. The number of benzene rings is 9. The highest BCUT2D eigenvalue weighted by Gasteiger charge is 2.35. The largest absolute Gasteiger partial charge is 0.326 e. The molecule has 0 aliphatic carbocycles. The highest BCUT2D eigenvalue weighted by atomic mass is 35.5. The molecule has 3 aliphatic heterocycles.